The summed E-state index contributed by atoms with van der Waals surface area (Å²) in [7, 11) is 0. The van der Waals surface area contributed by atoms with Crippen LogP contribution in [0.4, 0.5) is 4.39 Å². The number of hydrogen-bond donors (Lipinski definition) is 2. The fourth-order valence-electron chi connectivity index (χ4n) is 0.389. The molecule has 0 saturated carbocycles. The summed E-state index contributed by atoms with van der Waals surface area (Å²) in [6.45, 7) is 1.08. The molecular formula is C5H6FKN2O2. The number of aromatic amines is 1. The van der Waals surface area contributed by atoms with Gasteiger partial charge in [-0.2, -0.15) is 0 Å². The van der Waals surface area contributed by atoms with E-state index in [4.69, 9.17) is 9.90 Å². The number of nitrogens with zero attached hydrogens (tertiary/aromatic N) is 1. The van der Waals surface area contributed by atoms with Gasteiger partial charge in [0.05, 0.1) is 0 Å². The first-order valence-corrected chi connectivity index (χ1v) is 4.45. The van der Waals surface area contributed by atoms with E-state index >= 15 is 0 Å². The molecule has 11 heavy (non-hydrogen) atoms. The minimum absolute atomic E-state index is 0.400. The molecule has 0 fully saturated rings. The van der Waals surface area contributed by atoms with E-state index in [0.29, 0.717) is 49.0 Å². The van der Waals surface area contributed by atoms with Gasteiger partial charge in [-0.3, -0.25) is 4.79 Å². The van der Waals surface area contributed by atoms with Crippen LogP contribution in [0.15, 0.2) is 6.20 Å². The molecule has 0 aliphatic rings. The van der Waals surface area contributed by atoms with E-state index in [1.54, 1.807) is 0 Å². The summed E-state index contributed by atoms with van der Waals surface area (Å²) in [5.74, 6) is -1.23. The van der Waals surface area contributed by atoms with E-state index in [9.17, 15) is 4.39 Å². The van der Waals surface area contributed by atoms with Crippen LogP contribution < -0.4 is -0.0810 Å². The van der Waals surface area contributed by atoms with Crippen molar-refractivity contribution in [2.75, 3.05) is 0 Å². The van der Waals surface area contributed by atoms with Crippen molar-refractivity contribution in [3.05, 3.63) is 12.1 Å². The van der Waals surface area contributed by atoms with Crippen LogP contribution >= 0.6 is 0 Å². The summed E-state index contributed by atoms with van der Waals surface area (Å²) < 4.78 is 12.6. The average Bonchev–Trinajstić information content (AvgIpc) is 2.13. The van der Waals surface area contributed by atoms with Crippen LogP contribution in [0.1, 0.15) is 6.92 Å². The van der Waals surface area contributed by atoms with Gasteiger partial charge >= 0.3 is 75.4 Å². The predicted octanol–water partition coefficient (Wildman–Crippen LogP) is -0.567. The number of nitrogens with one attached hydrogen (secondary N) is 1. The number of H-pyrrole nitrogens is 1. The van der Waals surface area contributed by atoms with Gasteiger partial charge in [-0.25, -0.2) is 0 Å². The van der Waals surface area contributed by atoms with Gasteiger partial charge < -0.3 is 5.11 Å². The molecule has 0 aliphatic carbocycles. The Morgan fingerprint density at radius 1 is 1.91 bits per heavy atom. The Balaban J connectivity index is 0.000000218. The van der Waals surface area contributed by atoms with E-state index in [-0.39, 0.29) is 0 Å². The molecule has 0 atom stereocenters. The molecule has 1 aromatic heterocycles. The van der Waals surface area contributed by atoms with E-state index in [1.165, 1.54) is 6.20 Å². The number of hydrogen-bond acceptors (Lipinski definition) is 2. The van der Waals surface area contributed by atoms with Gasteiger partial charge in [0, 0.05) is 6.92 Å². The van der Waals surface area contributed by atoms with Gasteiger partial charge in [0.2, 0.25) is 0 Å². The van der Waals surface area contributed by atoms with Crippen molar-refractivity contribution in [3.63, 3.8) is 0 Å². The van der Waals surface area contributed by atoms with Crippen molar-refractivity contribution < 1.29 is 14.3 Å². The number of halogens is 1. The van der Waals surface area contributed by atoms with E-state index in [2.05, 4.69) is 9.97 Å². The topological polar surface area (TPSA) is 66.0 Å². The fraction of sp³-hybridized carbons (Fsp3) is 0.200. The summed E-state index contributed by atoms with van der Waals surface area (Å²) in [6.07, 6.45) is 1.26. The summed E-state index contributed by atoms with van der Waals surface area (Å²) in [5, 5.41) is 7.42. The number of carboxylic acids is 1. The molecule has 2 N–H and O–H groups in total. The van der Waals surface area contributed by atoms with Crippen LogP contribution in [0.5, 0.6) is 0 Å². The van der Waals surface area contributed by atoms with Crippen molar-refractivity contribution in [1.29, 1.82) is 0 Å². The molecule has 1 aromatic rings. The Bertz CT molecular complexity index is 218. The summed E-state index contributed by atoms with van der Waals surface area (Å²) >= 11 is 0.470. The van der Waals surface area contributed by atoms with Crippen molar-refractivity contribution in [1.82, 2.24) is 9.97 Å². The molecule has 56 valence electrons. The SMILES string of the molecule is CC(=O)O.Fc1c[nH][c]([K])n1. The van der Waals surface area contributed by atoms with Crippen LogP contribution in [0.2, 0.25) is 0 Å². The quantitative estimate of drug-likeness (QED) is 0.531. The Kier molecular flexibility index (Phi) is 5.97. The first-order chi connectivity index (χ1) is 5.02. The normalized spacial score (nSPS) is 8.36. The van der Waals surface area contributed by atoms with Gasteiger partial charge in [-0.15, -0.1) is 0 Å². The molecule has 1 rings (SSSR count). The second-order valence-electron chi connectivity index (χ2n) is 1.83. The standard InChI is InChI=1S/C3H2FN2.C2H4O2.K/c4-3-1-5-2-6-3;1-2(3)4;/h1H,(H,5,6);1H3,(H,3,4);. The van der Waals surface area contributed by atoms with Crippen LogP contribution in [-0.4, -0.2) is 70.0 Å². The van der Waals surface area contributed by atoms with E-state index < -0.39 is 11.9 Å². The zero-order valence-corrected chi connectivity index (χ0v) is 9.38. The molecule has 0 aromatic carbocycles. The van der Waals surface area contributed by atoms with Crippen LogP contribution in [0, 0.1) is 5.95 Å². The molecule has 0 saturated heterocycles. The Morgan fingerprint density at radius 3 is 2.45 bits per heavy atom. The molecule has 0 amide bonds. The van der Waals surface area contributed by atoms with Crippen molar-refractivity contribution in [2.24, 2.45) is 0 Å². The number of imidazole rings is 1. The summed E-state index contributed by atoms with van der Waals surface area (Å²) in [4.78, 5) is 15.1. The van der Waals surface area contributed by atoms with Crippen LogP contribution in [0.3, 0.4) is 0 Å². The minimum atomic E-state index is -0.833. The molecule has 1 heterocycles. The average molecular weight is 184 g/mol. The van der Waals surface area contributed by atoms with Gasteiger partial charge in [-0.05, 0) is 0 Å². The van der Waals surface area contributed by atoms with Gasteiger partial charge in [0.1, 0.15) is 0 Å². The molecule has 6 heteroatoms. The molecule has 0 bridgehead atoms. The molecule has 0 aliphatic heterocycles. The second kappa shape index (κ2) is 5.84. The summed E-state index contributed by atoms with van der Waals surface area (Å²) in [5.41, 5.74) is 0. The third-order valence-corrected chi connectivity index (χ3v) is 1.47. The molecular weight excluding hydrogens is 178 g/mol. The zero-order valence-electron chi connectivity index (χ0n) is 6.26. The monoisotopic (exact) mass is 184 g/mol. The third-order valence-electron chi connectivity index (χ3n) is 0.675. The first-order valence-electron chi connectivity index (χ1n) is 2.89. The van der Waals surface area contributed by atoms with Gasteiger partial charge in [0.25, 0.3) is 5.97 Å². The second-order valence-corrected chi connectivity index (χ2v) is 3.31. The molecule has 0 unspecified atom stereocenters. The van der Waals surface area contributed by atoms with Crippen molar-refractivity contribution >= 4 is 54.8 Å². The van der Waals surface area contributed by atoms with Crippen LogP contribution in [-0.2, 0) is 4.79 Å². The van der Waals surface area contributed by atoms with Gasteiger partial charge in [-0.1, -0.05) is 0 Å². The fourth-order valence-corrected chi connectivity index (χ4v) is 0.948. The number of aromatic nitrogens is 2. The maximum atomic E-state index is 11.8. The number of carboxylic acid groups (broad SMARTS) is 1. The van der Waals surface area contributed by atoms with E-state index in [0.717, 1.165) is 6.84 Å². The van der Waals surface area contributed by atoms with Crippen molar-refractivity contribution in [3.8, 4) is 0 Å². The first kappa shape index (κ1) is 11.2. The Labute approximate surface area is 96.8 Å². The molecule has 0 radical (unpaired) electrons. The predicted molar refractivity (Wildman–Crippen MR) is 37.2 cm³/mol. The van der Waals surface area contributed by atoms with Crippen LogP contribution in [0.25, 0.3) is 0 Å². The van der Waals surface area contributed by atoms with Gasteiger partial charge in [0.15, 0.2) is 0 Å². The Morgan fingerprint density at radius 2 is 2.36 bits per heavy atom. The maximum absolute atomic E-state index is 11.8. The third kappa shape index (κ3) is 8.15. The van der Waals surface area contributed by atoms with Crippen molar-refractivity contribution in [2.45, 2.75) is 6.92 Å². The number of aliphatic carboxylic acids is 1. The Hall–Kier alpha value is 0.246. The number of rotatable bonds is 0. The molecule has 0 spiro atoms. The van der Waals surface area contributed by atoms with E-state index in [1.807, 2.05) is 0 Å². The summed E-state index contributed by atoms with van der Waals surface area (Å²) in [6, 6.07) is 0. The molecule has 4 nitrogen and oxygen atoms in total. The number of carbonyl (C=O) groups is 1. The zero-order chi connectivity index (χ0) is 8.85.